The Balaban J connectivity index is 1.51. The average molecular weight is 428 g/mol. The molecule has 9 nitrogen and oxygen atoms in total. The number of anilines is 2. The molecule has 3 amide bonds. The summed E-state index contributed by atoms with van der Waals surface area (Å²) in [7, 11) is 1.47. The van der Waals surface area contributed by atoms with Gasteiger partial charge in [-0.3, -0.25) is 19.4 Å². The summed E-state index contributed by atoms with van der Waals surface area (Å²) in [5, 5.41) is 12.1. The van der Waals surface area contributed by atoms with Gasteiger partial charge < -0.3 is 10.1 Å². The predicted molar refractivity (Wildman–Crippen MR) is 109 cm³/mol. The lowest BCUT2D eigenvalue weighted by molar-refractivity contribution is -0.123. The van der Waals surface area contributed by atoms with Crippen molar-refractivity contribution in [2.45, 2.75) is 19.0 Å². The van der Waals surface area contributed by atoms with E-state index in [2.05, 4.69) is 15.7 Å². The highest BCUT2D eigenvalue weighted by Gasteiger charge is 2.55. The summed E-state index contributed by atoms with van der Waals surface area (Å²) in [6.45, 7) is 1.66. The number of carbonyl (C=O) groups is 3. The van der Waals surface area contributed by atoms with Crippen LogP contribution in [0.1, 0.15) is 5.56 Å². The van der Waals surface area contributed by atoms with E-state index < -0.39 is 23.9 Å². The summed E-state index contributed by atoms with van der Waals surface area (Å²) < 4.78 is 5.10. The molecule has 1 fully saturated rings. The largest absolute Gasteiger partial charge is 0.495 e. The summed E-state index contributed by atoms with van der Waals surface area (Å²) in [5.74, 6) is -0.972. The van der Waals surface area contributed by atoms with Crippen LogP contribution in [0.4, 0.5) is 11.4 Å². The maximum atomic E-state index is 13.0. The highest BCUT2D eigenvalue weighted by atomic mass is 35.5. The lowest BCUT2D eigenvalue weighted by Crippen LogP contribution is -2.43. The summed E-state index contributed by atoms with van der Waals surface area (Å²) in [5.41, 5.74) is 1.88. The fraction of sp³-hybridized carbons (Fsp3) is 0.250. The number of aryl methyl sites for hydroxylation is 1. The molecule has 10 heteroatoms. The van der Waals surface area contributed by atoms with Crippen LogP contribution in [0.3, 0.4) is 0 Å². The van der Waals surface area contributed by atoms with Gasteiger partial charge in [0.1, 0.15) is 12.3 Å². The van der Waals surface area contributed by atoms with Crippen molar-refractivity contribution in [2.75, 3.05) is 23.9 Å². The van der Waals surface area contributed by atoms with Crippen molar-refractivity contribution < 1.29 is 19.1 Å². The average Bonchev–Trinajstić information content (AvgIpc) is 3.23. The Bertz CT molecular complexity index is 1070. The maximum absolute atomic E-state index is 13.0. The van der Waals surface area contributed by atoms with Crippen LogP contribution in [0, 0.1) is 6.92 Å². The minimum atomic E-state index is -0.996. The van der Waals surface area contributed by atoms with E-state index in [1.54, 1.807) is 18.2 Å². The van der Waals surface area contributed by atoms with E-state index in [4.69, 9.17) is 16.3 Å². The zero-order valence-electron chi connectivity index (χ0n) is 16.2. The van der Waals surface area contributed by atoms with Gasteiger partial charge in [-0.05, 0) is 36.8 Å². The number of ether oxygens (including phenoxy) is 1. The van der Waals surface area contributed by atoms with Gasteiger partial charge in [0.15, 0.2) is 12.1 Å². The minimum Gasteiger partial charge on any atom is -0.495 e. The van der Waals surface area contributed by atoms with Gasteiger partial charge in [-0.25, -0.2) is 4.90 Å². The quantitative estimate of drug-likeness (QED) is 0.738. The first-order valence-electron chi connectivity index (χ1n) is 9.15. The summed E-state index contributed by atoms with van der Waals surface area (Å²) in [6.07, 6.45) is 0. The van der Waals surface area contributed by atoms with Crippen molar-refractivity contribution in [3.63, 3.8) is 0 Å². The smallest absolute Gasteiger partial charge is 0.263 e. The van der Waals surface area contributed by atoms with Crippen LogP contribution in [0.2, 0.25) is 5.02 Å². The Hall–Kier alpha value is -3.46. The lowest BCUT2D eigenvalue weighted by atomic mass is 10.1. The first-order chi connectivity index (χ1) is 14.4. The molecule has 1 N–H and O–H groups in total. The number of amides is 3. The molecule has 2 aliphatic rings. The van der Waals surface area contributed by atoms with Gasteiger partial charge in [0.25, 0.3) is 11.8 Å². The molecule has 2 aromatic rings. The lowest BCUT2D eigenvalue weighted by Gasteiger charge is -2.20. The topological polar surface area (TPSA) is 104 Å². The van der Waals surface area contributed by atoms with Crippen LogP contribution in [0.25, 0.3) is 0 Å². The van der Waals surface area contributed by atoms with E-state index in [0.717, 1.165) is 10.5 Å². The fourth-order valence-corrected chi connectivity index (χ4v) is 3.70. The van der Waals surface area contributed by atoms with E-state index in [1.165, 1.54) is 18.2 Å². The molecule has 4 rings (SSSR count). The molecular weight excluding hydrogens is 410 g/mol. The molecule has 154 valence electrons. The number of halogens is 1. The van der Waals surface area contributed by atoms with Crippen molar-refractivity contribution >= 4 is 40.7 Å². The molecule has 0 spiro atoms. The number of benzene rings is 2. The highest BCUT2D eigenvalue weighted by Crippen LogP contribution is 2.35. The standard InChI is InChI=1S/C20H18ClN5O4/c1-11-5-3-4-6-14(11)22-16(27)10-25-18-17(23-24-25)19(28)26(20(18)29)12-7-8-15(30-2)13(21)9-12/h3-9,17-18H,10H2,1-2H3,(H,22,27)/t17-,18+/m1/s1. The first kappa shape index (κ1) is 19.8. The summed E-state index contributed by atoms with van der Waals surface area (Å²) in [6, 6.07) is 9.97. The summed E-state index contributed by atoms with van der Waals surface area (Å²) in [4.78, 5) is 39.3. The second kappa shape index (κ2) is 7.75. The van der Waals surface area contributed by atoms with Crippen molar-refractivity contribution in [3.8, 4) is 5.75 Å². The van der Waals surface area contributed by atoms with Crippen LogP contribution in [-0.2, 0) is 14.4 Å². The zero-order chi connectivity index (χ0) is 21.4. The second-order valence-corrected chi connectivity index (χ2v) is 7.29. The number of nitrogens with one attached hydrogen (secondary N) is 1. The monoisotopic (exact) mass is 427 g/mol. The third kappa shape index (κ3) is 3.37. The molecule has 2 aliphatic heterocycles. The summed E-state index contributed by atoms with van der Waals surface area (Å²) >= 11 is 6.13. The van der Waals surface area contributed by atoms with E-state index in [1.807, 2.05) is 25.1 Å². The number of hydrogen-bond donors (Lipinski definition) is 1. The number of nitrogens with zero attached hydrogens (tertiary/aromatic N) is 4. The van der Waals surface area contributed by atoms with Gasteiger partial charge >= 0.3 is 0 Å². The first-order valence-corrected chi connectivity index (χ1v) is 9.52. The van der Waals surface area contributed by atoms with Crippen LogP contribution in [-0.4, -0.2) is 48.5 Å². The Morgan fingerprint density at radius 3 is 2.67 bits per heavy atom. The molecule has 0 aromatic heterocycles. The molecule has 0 radical (unpaired) electrons. The molecule has 2 atom stereocenters. The number of fused-ring (bicyclic) bond motifs is 1. The van der Waals surface area contributed by atoms with Crippen molar-refractivity contribution in [3.05, 3.63) is 53.1 Å². The number of hydrogen-bond acceptors (Lipinski definition) is 7. The Morgan fingerprint density at radius 1 is 1.20 bits per heavy atom. The molecule has 30 heavy (non-hydrogen) atoms. The number of methoxy groups -OCH3 is 1. The van der Waals surface area contributed by atoms with E-state index >= 15 is 0 Å². The zero-order valence-corrected chi connectivity index (χ0v) is 17.0. The van der Waals surface area contributed by atoms with Gasteiger partial charge in [-0.1, -0.05) is 35.0 Å². The molecule has 0 saturated carbocycles. The van der Waals surface area contributed by atoms with Gasteiger partial charge in [-0.2, -0.15) is 5.11 Å². The van der Waals surface area contributed by atoms with Gasteiger partial charge in [-0.15, -0.1) is 0 Å². The molecule has 0 aliphatic carbocycles. The Kier molecular flexibility index (Phi) is 5.13. The Morgan fingerprint density at radius 2 is 1.97 bits per heavy atom. The molecule has 0 bridgehead atoms. The number of rotatable bonds is 5. The number of carbonyl (C=O) groups excluding carboxylic acids is 3. The van der Waals surface area contributed by atoms with Gasteiger partial charge in [0.2, 0.25) is 5.91 Å². The predicted octanol–water partition coefficient (Wildman–Crippen LogP) is 2.59. The molecule has 2 aromatic carbocycles. The molecule has 2 heterocycles. The van der Waals surface area contributed by atoms with Crippen molar-refractivity contribution in [1.29, 1.82) is 0 Å². The SMILES string of the molecule is COc1ccc(N2C(=O)[C@@H]3[C@@H](N=NN3CC(=O)Nc3ccccc3C)C2=O)cc1Cl. The van der Waals surface area contributed by atoms with Crippen LogP contribution >= 0.6 is 11.6 Å². The third-order valence-corrected chi connectivity index (χ3v) is 5.27. The normalized spacial score (nSPS) is 20.0. The highest BCUT2D eigenvalue weighted by molar-refractivity contribution is 6.33. The maximum Gasteiger partial charge on any atom is 0.263 e. The van der Waals surface area contributed by atoms with E-state index in [-0.39, 0.29) is 17.5 Å². The van der Waals surface area contributed by atoms with Crippen LogP contribution < -0.4 is 15.0 Å². The van der Waals surface area contributed by atoms with Crippen molar-refractivity contribution in [1.82, 2.24) is 5.01 Å². The number of imide groups is 1. The molecule has 1 saturated heterocycles. The van der Waals surface area contributed by atoms with E-state index in [9.17, 15) is 14.4 Å². The molecular formula is C20H18ClN5O4. The van der Waals surface area contributed by atoms with Gasteiger partial charge in [0, 0.05) is 5.69 Å². The van der Waals surface area contributed by atoms with E-state index in [0.29, 0.717) is 17.1 Å². The van der Waals surface area contributed by atoms with Crippen LogP contribution in [0.15, 0.2) is 52.8 Å². The van der Waals surface area contributed by atoms with Crippen LogP contribution in [0.5, 0.6) is 5.75 Å². The second-order valence-electron chi connectivity index (χ2n) is 6.89. The van der Waals surface area contributed by atoms with Crippen molar-refractivity contribution in [2.24, 2.45) is 10.3 Å². The Labute approximate surface area is 177 Å². The number of para-hydroxylation sites is 1. The minimum absolute atomic E-state index is 0.213. The fourth-order valence-electron chi connectivity index (χ4n) is 3.45. The third-order valence-electron chi connectivity index (χ3n) is 4.98. The molecule has 0 unspecified atom stereocenters. The van der Waals surface area contributed by atoms with Gasteiger partial charge in [0.05, 0.1) is 17.8 Å².